The van der Waals surface area contributed by atoms with Gasteiger partial charge in [-0.15, -0.1) is 0 Å². The van der Waals surface area contributed by atoms with Crippen molar-refractivity contribution in [3.63, 3.8) is 0 Å². The first-order valence-corrected chi connectivity index (χ1v) is 8.10. The molecule has 0 saturated heterocycles. The Morgan fingerprint density at radius 3 is 2.85 bits per heavy atom. The molecule has 2 rings (SSSR count). The summed E-state index contributed by atoms with van der Waals surface area (Å²) < 4.78 is 26.7. The molecule has 0 fully saturated rings. The van der Waals surface area contributed by atoms with Crippen LogP contribution < -0.4 is 10.0 Å². The molecule has 1 aromatic rings. The van der Waals surface area contributed by atoms with Gasteiger partial charge in [0.15, 0.2) is 0 Å². The zero-order chi connectivity index (χ0) is 14.4. The molecule has 0 saturated carbocycles. The molecular formula is C14H17N3O2S. The first-order chi connectivity index (χ1) is 9.61. The minimum absolute atomic E-state index is 0.164. The fourth-order valence-corrected chi connectivity index (χ4v) is 3.21. The van der Waals surface area contributed by atoms with Crippen LogP contribution in [0.5, 0.6) is 0 Å². The second-order valence-electron chi connectivity index (χ2n) is 4.67. The Morgan fingerprint density at radius 2 is 2.15 bits per heavy atom. The molecule has 1 aromatic carbocycles. The summed E-state index contributed by atoms with van der Waals surface area (Å²) in [5.74, 6) is -0.164. The molecule has 6 heteroatoms. The largest absolute Gasteiger partial charge is 0.313 e. The number of nitriles is 1. The average Bonchev–Trinajstić information content (AvgIpc) is 2.47. The van der Waals surface area contributed by atoms with E-state index < -0.39 is 10.0 Å². The molecule has 0 amide bonds. The first-order valence-electron chi connectivity index (χ1n) is 6.45. The molecule has 2 N–H and O–H groups in total. The van der Waals surface area contributed by atoms with Crippen molar-refractivity contribution in [2.75, 3.05) is 19.6 Å². The molecule has 0 unspecified atom stereocenters. The molecule has 0 spiro atoms. The lowest BCUT2D eigenvalue weighted by Gasteiger charge is -2.15. The number of benzene rings is 1. The minimum atomic E-state index is -3.43. The maximum Gasteiger partial charge on any atom is 0.216 e. The maximum absolute atomic E-state index is 12.0. The van der Waals surface area contributed by atoms with Crippen LogP contribution in [0.2, 0.25) is 0 Å². The number of nitrogens with zero attached hydrogens (tertiary/aromatic N) is 1. The summed E-state index contributed by atoms with van der Waals surface area (Å²) >= 11 is 0. The molecule has 0 radical (unpaired) electrons. The Morgan fingerprint density at radius 1 is 1.35 bits per heavy atom. The summed E-state index contributed by atoms with van der Waals surface area (Å²) in [7, 11) is -3.43. The van der Waals surface area contributed by atoms with Crippen molar-refractivity contribution in [1.29, 1.82) is 5.26 Å². The van der Waals surface area contributed by atoms with Crippen LogP contribution in [-0.2, 0) is 15.8 Å². The van der Waals surface area contributed by atoms with Gasteiger partial charge in [0.1, 0.15) is 0 Å². The van der Waals surface area contributed by atoms with Crippen LogP contribution in [0.15, 0.2) is 35.9 Å². The van der Waals surface area contributed by atoms with E-state index in [2.05, 4.69) is 10.0 Å². The average molecular weight is 291 g/mol. The van der Waals surface area contributed by atoms with E-state index >= 15 is 0 Å². The fraction of sp³-hybridized carbons (Fsp3) is 0.357. The SMILES string of the molecule is N#Cc1ccccc1CS(=O)(=O)NCC1=CCNCC1. The molecule has 5 nitrogen and oxygen atoms in total. The summed E-state index contributed by atoms with van der Waals surface area (Å²) in [5, 5.41) is 12.1. The highest BCUT2D eigenvalue weighted by Crippen LogP contribution is 2.11. The van der Waals surface area contributed by atoms with Crippen molar-refractivity contribution in [3.8, 4) is 6.07 Å². The van der Waals surface area contributed by atoms with Crippen LogP contribution in [0.1, 0.15) is 17.5 Å². The first kappa shape index (κ1) is 14.7. The van der Waals surface area contributed by atoms with Crippen LogP contribution in [-0.4, -0.2) is 28.1 Å². The Labute approximate surface area is 119 Å². The molecule has 0 atom stereocenters. The summed E-state index contributed by atoms with van der Waals surface area (Å²) in [4.78, 5) is 0. The number of rotatable bonds is 5. The van der Waals surface area contributed by atoms with Gasteiger partial charge in [-0.3, -0.25) is 0 Å². The molecule has 20 heavy (non-hydrogen) atoms. The zero-order valence-corrected chi connectivity index (χ0v) is 11.9. The number of sulfonamides is 1. The molecule has 0 bridgehead atoms. The van der Waals surface area contributed by atoms with Crippen LogP contribution in [0, 0.1) is 11.3 Å². The normalized spacial score (nSPS) is 15.4. The van der Waals surface area contributed by atoms with E-state index in [1.165, 1.54) is 0 Å². The second kappa shape index (κ2) is 6.66. The lowest BCUT2D eigenvalue weighted by atomic mass is 10.1. The molecule has 1 heterocycles. The van der Waals surface area contributed by atoms with Crippen molar-refractivity contribution in [2.24, 2.45) is 0 Å². The zero-order valence-electron chi connectivity index (χ0n) is 11.1. The number of hydrogen-bond acceptors (Lipinski definition) is 4. The quantitative estimate of drug-likeness (QED) is 0.790. The number of nitrogens with one attached hydrogen (secondary N) is 2. The smallest absolute Gasteiger partial charge is 0.216 e. The molecule has 0 aliphatic carbocycles. The predicted molar refractivity (Wildman–Crippen MR) is 77.4 cm³/mol. The van der Waals surface area contributed by atoms with Crippen LogP contribution >= 0.6 is 0 Å². The van der Waals surface area contributed by atoms with Crippen LogP contribution in [0.3, 0.4) is 0 Å². The van der Waals surface area contributed by atoms with Crippen molar-refractivity contribution in [1.82, 2.24) is 10.0 Å². The third-order valence-corrected chi connectivity index (χ3v) is 4.44. The highest BCUT2D eigenvalue weighted by atomic mass is 32.2. The summed E-state index contributed by atoms with van der Waals surface area (Å²) in [6, 6.07) is 8.77. The molecule has 1 aliphatic rings. The molecule has 106 valence electrons. The van der Waals surface area contributed by atoms with Crippen LogP contribution in [0.25, 0.3) is 0 Å². The van der Waals surface area contributed by atoms with Crippen molar-refractivity contribution in [3.05, 3.63) is 47.0 Å². The molecule has 1 aliphatic heterocycles. The maximum atomic E-state index is 12.0. The number of hydrogen-bond donors (Lipinski definition) is 2. The van der Waals surface area contributed by atoms with Gasteiger partial charge >= 0.3 is 0 Å². The van der Waals surface area contributed by atoms with Crippen molar-refractivity contribution in [2.45, 2.75) is 12.2 Å². The summed E-state index contributed by atoms with van der Waals surface area (Å²) in [5.41, 5.74) is 2.03. The van der Waals surface area contributed by atoms with E-state index in [-0.39, 0.29) is 5.75 Å². The van der Waals surface area contributed by atoms with E-state index in [0.29, 0.717) is 17.7 Å². The topological polar surface area (TPSA) is 82.0 Å². The second-order valence-corrected chi connectivity index (χ2v) is 6.47. The third kappa shape index (κ3) is 4.17. The van der Waals surface area contributed by atoms with E-state index in [9.17, 15) is 8.42 Å². The third-order valence-electron chi connectivity index (χ3n) is 3.16. The van der Waals surface area contributed by atoms with Gasteiger partial charge in [0.25, 0.3) is 0 Å². The van der Waals surface area contributed by atoms with Gasteiger partial charge in [0, 0.05) is 13.1 Å². The van der Waals surface area contributed by atoms with Crippen molar-refractivity contribution >= 4 is 10.0 Å². The molecular weight excluding hydrogens is 274 g/mol. The van der Waals surface area contributed by atoms with Crippen LogP contribution in [0.4, 0.5) is 0 Å². The van der Waals surface area contributed by atoms with E-state index in [0.717, 1.165) is 25.1 Å². The highest BCUT2D eigenvalue weighted by molar-refractivity contribution is 7.88. The Kier molecular flexibility index (Phi) is 4.90. The lowest BCUT2D eigenvalue weighted by Crippen LogP contribution is -2.30. The predicted octanol–water partition coefficient (Wildman–Crippen LogP) is 0.897. The van der Waals surface area contributed by atoms with Gasteiger partial charge < -0.3 is 5.32 Å². The lowest BCUT2D eigenvalue weighted by molar-refractivity contribution is 0.581. The Balaban J connectivity index is 2.00. The van der Waals surface area contributed by atoms with Crippen molar-refractivity contribution < 1.29 is 8.42 Å². The van der Waals surface area contributed by atoms with Gasteiger partial charge in [0.05, 0.1) is 17.4 Å². The monoisotopic (exact) mass is 291 g/mol. The highest BCUT2D eigenvalue weighted by Gasteiger charge is 2.15. The minimum Gasteiger partial charge on any atom is -0.313 e. The van der Waals surface area contributed by atoms with E-state index in [1.54, 1.807) is 24.3 Å². The Bertz CT molecular complexity index is 645. The van der Waals surface area contributed by atoms with E-state index in [1.807, 2.05) is 12.1 Å². The fourth-order valence-electron chi connectivity index (χ4n) is 2.04. The van der Waals surface area contributed by atoms with E-state index in [4.69, 9.17) is 5.26 Å². The van der Waals surface area contributed by atoms with Gasteiger partial charge in [-0.05, 0) is 24.6 Å². The van der Waals surface area contributed by atoms with Gasteiger partial charge in [-0.1, -0.05) is 29.8 Å². The molecule has 0 aromatic heterocycles. The van der Waals surface area contributed by atoms with Gasteiger partial charge in [-0.25, -0.2) is 13.1 Å². The Hall–Kier alpha value is -1.68. The van der Waals surface area contributed by atoms with Gasteiger partial charge in [-0.2, -0.15) is 5.26 Å². The standard InChI is InChI=1S/C14H17N3O2S/c15-9-13-3-1-2-4-14(13)11-20(18,19)17-10-12-5-7-16-8-6-12/h1-5,16-17H,6-8,10-11H2. The summed E-state index contributed by atoms with van der Waals surface area (Å²) in [6.45, 7) is 2.01. The van der Waals surface area contributed by atoms with Gasteiger partial charge in [0.2, 0.25) is 10.0 Å². The summed E-state index contributed by atoms with van der Waals surface area (Å²) in [6.07, 6.45) is 2.87.